The first kappa shape index (κ1) is 23.9. The fourth-order valence-electron chi connectivity index (χ4n) is 5.01. The average molecular weight is 505 g/mol. The second-order valence-electron chi connectivity index (χ2n) is 8.90. The second kappa shape index (κ2) is 9.70. The van der Waals surface area contributed by atoms with E-state index < -0.39 is 10.0 Å². The van der Waals surface area contributed by atoms with Crippen LogP contribution in [-0.4, -0.2) is 28.1 Å². The Morgan fingerprint density at radius 2 is 1.81 bits per heavy atom. The van der Waals surface area contributed by atoms with E-state index in [1.54, 1.807) is 48.5 Å². The molecule has 36 heavy (non-hydrogen) atoms. The molecule has 1 aliphatic carbocycles. The van der Waals surface area contributed by atoms with Crippen LogP contribution in [-0.2, 0) is 14.8 Å². The Labute approximate surface area is 211 Å². The van der Waals surface area contributed by atoms with Crippen LogP contribution < -0.4 is 14.8 Å². The lowest BCUT2D eigenvalue weighted by atomic mass is 9.77. The number of methoxy groups -OCH3 is 1. The van der Waals surface area contributed by atoms with E-state index in [1.807, 2.05) is 25.1 Å². The SMILES string of the molecule is CCOc1ccc(NS(=O)(=O)c2ccc3c(c2)[C@H]2C=CC[C@H]2[C@@H](c2ccc(C(=O)OC)cc2)N3)cc1. The molecule has 0 spiro atoms. The summed E-state index contributed by atoms with van der Waals surface area (Å²) in [6, 6.07) is 19.6. The van der Waals surface area contributed by atoms with Crippen molar-refractivity contribution in [1.82, 2.24) is 0 Å². The Morgan fingerprint density at radius 1 is 1.06 bits per heavy atom. The van der Waals surface area contributed by atoms with Crippen molar-refractivity contribution in [3.05, 3.63) is 95.6 Å². The van der Waals surface area contributed by atoms with Crippen molar-refractivity contribution in [3.63, 3.8) is 0 Å². The average Bonchev–Trinajstić information content (AvgIpc) is 3.39. The van der Waals surface area contributed by atoms with Gasteiger partial charge < -0.3 is 14.8 Å². The minimum absolute atomic E-state index is 0.0358. The van der Waals surface area contributed by atoms with Gasteiger partial charge >= 0.3 is 5.97 Å². The van der Waals surface area contributed by atoms with Gasteiger partial charge in [-0.1, -0.05) is 24.3 Å². The second-order valence-corrected chi connectivity index (χ2v) is 10.6. The molecule has 3 aromatic rings. The van der Waals surface area contributed by atoms with Crippen molar-refractivity contribution < 1.29 is 22.7 Å². The van der Waals surface area contributed by atoms with Gasteiger partial charge in [-0.05, 0) is 85.0 Å². The molecule has 5 rings (SSSR count). The van der Waals surface area contributed by atoms with E-state index in [4.69, 9.17) is 9.47 Å². The first-order valence-electron chi connectivity index (χ1n) is 11.9. The third-order valence-corrected chi connectivity index (χ3v) is 8.13. The monoisotopic (exact) mass is 504 g/mol. The number of sulfonamides is 1. The normalized spacial score (nSPS) is 20.1. The molecule has 2 aliphatic rings. The number of hydrogen-bond donors (Lipinski definition) is 2. The van der Waals surface area contributed by atoms with E-state index >= 15 is 0 Å². The van der Waals surface area contributed by atoms with Gasteiger partial charge in [0.25, 0.3) is 10.0 Å². The summed E-state index contributed by atoms with van der Waals surface area (Å²) < 4.78 is 39.2. The Morgan fingerprint density at radius 3 is 2.50 bits per heavy atom. The molecule has 0 amide bonds. The van der Waals surface area contributed by atoms with E-state index in [0.717, 1.165) is 23.2 Å². The van der Waals surface area contributed by atoms with E-state index in [1.165, 1.54) is 7.11 Å². The summed E-state index contributed by atoms with van der Waals surface area (Å²) in [5, 5.41) is 3.61. The first-order chi connectivity index (χ1) is 17.4. The Hall–Kier alpha value is -3.78. The zero-order chi connectivity index (χ0) is 25.3. The molecule has 0 saturated carbocycles. The maximum Gasteiger partial charge on any atom is 0.337 e. The predicted octanol–water partition coefficient (Wildman–Crippen LogP) is 5.50. The molecule has 0 unspecified atom stereocenters. The summed E-state index contributed by atoms with van der Waals surface area (Å²) in [6.45, 7) is 2.44. The molecule has 1 aliphatic heterocycles. The smallest absolute Gasteiger partial charge is 0.337 e. The minimum Gasteiger partial charge on any atom is -0.494 e. The van der Waals surface area contributed by atoms with Gasteiger partial charge in [-0.3, -0.25) is 4.72 Å². The topological polar surface area (TPSA) is 93.7 Å². The van der Waals surface area contributed by atoms with Crippen LogP contribution in [0.25, 0.3) is 0 Å². The van der Waals surface area contributed by atoms with Crippen LogP contribution in [0.15, 0.2) is 83.8 Å². The minimum atomic E-state index is -3.77. The maximum absolute atomic E-state index is 13.2. The fraction of sp³-hybridized carbons (Fsp3) is 0.250. The van der Waals surface area contributed by atoms with Gasteiger partial charge in [0.05, 0.1) is 30.2 Å². The van der Waals surface area contributed by atoms with Gasteiger partial charge in [0.2, 0.25) is 0 Å². The van der Waals surface area contributed by atoms with Gasteiger partial charge in [-0.25, -0.2) is 13.2 Å². The van der Waals surface area contributed by atoms with Crippen molar-refractivity contribution >= 4 is 27.4 Å². The summed E-state index contributed by atoms with van der Waals surface area (Å²) in [5.41, 5.74) is 3.92. The van der Waals surface area contributed by atoms with E-state index in [9.17, 15) is 13.2 Å². The largest absolute Gasteiger partial charge is 0.494 e. The van der Waals surface area contributed by atoms with Crippen molar-refractivity contribution in [2.45, 2.75) is 30.2 Å². The van der Waals surface area contributed by atoms with Crippen LogP contribution in [0.5, 0.6) is 5.75 Å². The fourth-order valence-corrected chi connectivity index (χ4v) is 6.11. The third-order valence-electron chi connectivity index (χ3n) is 6.75. The summed E-state index contributed by atoms with van der Waals surface area (Å²) in [5.74, 6) is 0.649. The quantitative estimate of drug-likeness (QED) is 0.326. The first-order valence-corrected chi connectivity index (χ1v) is 13.4. The van der Waals surface area contributed by atoms with Gasteiger partial charge in [0.1, 0.15) is 5.75 Å². The Balaban J connectivity index is 1.40. The number of allylic oxidation sites excluding steroid dienone is 2. The van der Waals surface area contributed by atoms with Crippen LogP contribution in [0, 0.1) is 5.92 Å². The molecule has 0 saturated heterocycles. The van der Waals surface area contributed by atoms with Crippen LogP contribution in [0.2, 0.25) is 0 Å². The lowest BCUT2D eigenvalue weighted by Crippen LogP contribution is -2.29. The molecule has 3 aromatic carbocycles. The number of rotatable bonds is 7. The van der Waals surface area contributed by atoms with Crippen LogP contribution in [0.3, 0.4) is 0 Å². The van der Waals surface area contributed by atoms with Crippen molar-refractivity contribution in [3.8, 4) is 5.75 Å². The molecule has 0 radical (unpaired) electrons. The molecule has 8 heteroatoms. The van der Waals surface area contributed by atoms with E-state index in [0.29, 0.717) is 23.6 Å². The van der Waals surface area contributed by atoms with Gasteiger partial charge in [-0.2, -0.15) is 0 Å². The zero-order valence-corrected chi connectivity index (χ0v) is 20.9. The number of esters is 1. The third kappa shape index (κ3) is 4.56. The summed E-state index contributed by atoms with van der Waals surface area (Å²) in [7, 11) is -2.40. The number of carbonyl (C=O) groups excluding carboxylic acids is 1. The number of anilines is 2. The van der Waals surface area contributed by atoms with Crippen LogP contribution in [0.1, 0.15) is 46.8 Å². The summed E-state index contributed by atoms with van der Waals surface area (Å²) >= 11 is 0. The van der Waals surface area contributed by atoms with Crippen molar-refractivity contribution in [1.29, 1.82) is 0 Å². The molecular formula is C28H28N2O5S. The highest BCUT2D eigenvalue weighted by atomic mass is 32.2. The van der Waals surface area contributed by atoms with Crippen molar-refractivity contribution in [2.24, 2.45) is 5.92 Å². The van der Waals surface area contributed by atoms with E-state index in [2.05, 4.69) is 22.2 Å². The molecule has 0 bridgehead atoms. The number of benzene rings is 3. The highest BCUT2D eigenvalue weighted by molar-refractivity contribution is 7.92. The molecular weight excluding hydrogens is 476 g/mol. The molecule has 0 fully saturated rings. The molecule has 186 valence electrons. The van der Waals surface area contributed by atoms with Gasteiger partial charge in [-0.15, -0.1) is 0 Å². The Kier molecular flexibility index (Phi) is 6.45. The number of carbonyl (C=O) groups is 1. The lowest BCUT2D eigenvalue weighted by Gasteiger charge is -2.37. The van der Waals surface area contributed by atoms with Crippen LogP contribution >= 0.6 is 0 Å². The standard InChI is InChI=1S/C28H28N2O5S/c1-3-35-21-13-11-20(12-14-21)30-36(32,33)22-15-16-26-25(17-22)23-5-4-6-24(23)27(29-26)18-7-9-19(10-8-18)28(31)34-2/h4-5,7-17,23-24,27,29-30H,3,6H2,1-2H3/t23-,24+,27+/m0/s1. The number of fused-ring (bicyclic) bond motifs is 3. The number of hydrogen-bond acceptors (Lipinski definition) is 6. The predicted molar refractivity (Wildman–Crippen MR) is 139 cm³/mol. The molecule has 0 aromatic heterocycles. The summed E-state index contributed by atoms with van der Waals surface area (Å²) in [6.07, 6.45) is 5.19. The zero-order valence-electron chi connectivity index (χ0n) is 20.1. The Bertz CT molecular complexity index is 1400. The maximum atomic E-state index is 13.2. The number of ether oxygens (including phenoxy) is 2. The lowest BCUT2D eigenvalue weighted by molar-refractivity contribution is 0.0600. The van der Waals surface area contributed by atoms with Crippen LogP contribution in [0.4, 0.5) is 11.4 Å². The molecule has 7 nitrogen and oxygen atoms in total. The number of nitrogens with one attached hydrogen (secondary N) is 2. The highest BCUT2D eigenvalue weighted by Crippen LogP contribution is 2.50. The molecule has 1 heterocycles. The van der Waals surface area contributed by atoms with Gasteiger partial charge in [0, 0.05) is 17.3 Å². The molecule has 3 atom stereocenters. The molecule has 2 N–H and O–H groups in total. The summed E-state index contributed by atoms with van der Waals surface area (Å²) in [4.78, 5) is 12.0. The van der Waals surface area contributed by atoms with Crippen molar-refractivity contribution in [2.75, 3.05) is 23.8 Å². The van der Waals surface area contributed by atoms with Gasteiger partial charge in [0.15, 0.2) is 0 Å². The highest BCUT2D eigenvalue weighted by Gasteiger charge is 2.38. The van der Waals surface area contributed by atoms with E-state index in [-0.39, 0.29) is 28.7 Å².